The molecule has 2 aromatic carbocycles. The highest BCUT2D eigenvalue weighted by atomic mass is 32.2. The molecule has 27 heavy (non-hydrogen) atoms. The zero-order valence-corrected chi connectivity index (χ0v) is 15.5. The van der Waals surface area contributed by atoms with Crippen molar-refractivity contribution in [2.45, 2.75) is 17.3 Å². The molecule has 0 aliphatic heterocycles. The molecular formula is C19H16FN5OS. The van der Waals surface area contributed by atoms with Gasteiger partial charge in [-0.25, -0.2) is 4.39 Å². The second-order valence-electron chi connectivity index (χ2n) is 5.79. The second-order valence-corrected chi connectivity index (χ2v) is 7.09. The van der Waals surface area contributed by atoms with Gasteiger partial charge in [0, 0.05) is 12.7 Å². The molecular weight excluding hydrogens is 365 g/mol. The van der Waals surface area contributed by atoms with E-state index >= 15 is 0 Å². The third-order valence-corrected chi connectivity index (χ3v) is 4.99. The van der Waals surface area contributed by atoms with Crippen molar-refractivity contribution >= 4 is 23.4 Å². The predicted octanol–water partition coefficient (Wildman–Crippen LogP) is 3.61. The molecule has 8 heteroatoms. The molecule has 0 aliphatic carbocycles. The number of aromatic nitrogens is 3. The van der Waals surface area contributed by atoms with Crippen molar-refractivity contribution in [3.63, 3.8) is 0 Å². The van der Waals surface area contributed by atoms with E-state index in [9.17, 15) is 9.18 Å². The third-order valence-electron chi connectivity index (χ3n) is 3.86. The lowest BCUT2D eigenvalue weighted by Gasteiger charge is -2.12. The number of halogens is 1. The standard InChI is InChI=1S/C19H16FN5OS/c1-12(18(26)22-14-7-5-6-13(10-14)11-21)27-19-24-23-17(25(19)2)15-8-3-4-9-16(15)20/h3-10,12H,1-2H3,(H,22,26)/t12-/m1/s1. The highest BCUT2D eigenvalue weighted by Gasteiger charge is 2.20. The highest BCUT2D eigenvalue weighted by molar-refractivity contribution is 8.00. The number of amides is 1. The summed E-state index contributed by atoms with van der Waals surface area (Å²) in [7, 11) is 1.73. The molecule has 3 rings (SSSR count). The molecule has 0 saturated carbocycles. The van der Waals surface area contributed by atoms with Crippen LogP contribution in [0, 0.1) is 17.1 Å². The summed E-state index contributed by atoms with van der Waals surface area (Å²) in [5.41, 5.74) is 1.37. The average Bonchev–Trinajstić information content (AvgIpc) is 3.02. The average molecular weight is 381 g/mol. The number of rotatable bonds is 5. The molecule has 0 aliphatic rings. The van der Waals surface area contributed by atoms with E-state index in [-0.39, 0.29) is 11.7 Å². The van der Waals surface area contributed by atoms with E-state index in [1.54, 1.807) is 61.0 Å². The number of nitriles is 1. The van der Waals surface area contributed by atoms with Crippen molar-refractivity contribution in [1.29, 1.82) is 5.26 Å². The van der Waals surface area contributed by atoms with Gasteiger partial charge in [-0.15, -0.1) is 10.2 Å². The molecule has 136 valence electrons. The maximum absolute atomic E-state index is 14.0. The first-order valence-electron chi connectivity index (χ1n) is 8.11. The Morgan fingerprint density at radius 2 is 2.04 bits per heavy atom. The van der Waals surface area contributed by atoms with Crippen LogP contribution in [-0.2, 0) is 11.8 Å². The van der Waals surface area contributed by atoms with Gasteiger partial charge in [0.05, 0.1) is 22.4 Å². The Balaban J connectivity index is 1.73. The van der Waals surface area contributed by atoms with Gasteiger partial charge >= 0.3 is 0 Å². The summed E-state index contributed by atoms with van der Waals surface area (Å²) in [5, 5.41) is 19.9. The fraction of sp³-hybridized carbons (Fsp3) is 0.158. The number of carbonyl (C=O) groups is 1. The minimum atomic E-state index is -0.466. The van der Waals surface area contributed by atoms with Crippen LogP contribution in [-0.4, -0.2) is 25.9 Å². The van der Waals surface area contributed by atoms with Crippen LogP contribution in [0.3, 0.4) is 0 Å². The number of thioether (sulfide) groups is 1. The van der Waals surface area contributed by atoms with Crippen molar-refractivity contribution in [2.24, 2.45) is 7.05 Å². The molecule has 1 aromatic heterocycles. The molecule has 0 radical (unpaired) electrons. The molecule has 1 heterocycles. The fourth-order valence-electron chi connectivity index (χ4n) is 2.42. The van der Waals surface area contributed by atoms with Gasteiger partial charge in [0.15, 0.2) is 11.0 Å². The topological polar surface area (TPSA) is 83.6 Å². The molecule has 0 unspecified atom stereocenters. The number of benzene rings is 2. The number of carbonyl (C=O) groups excluding carboxylic acids is 1. The molecule has 0 spiro atoms. The van der Waals surface area contributed by atoms with Gasteiger partial charge in [-0.1, -0.05) is 30.0 Å². The Bertz CT molecular complexity index is 1030. The second kappa shape index (κ2) is 8.01. The van der Waals surface area contributed by atoms with Crippen LogP contribution < -0.4 is 5.32 Å². The van der Waals surface area contributed by atoms with Crippen molar-refractivity contribution in [3.8, 4) is 17.5 Å². The molecule has 1 N–H and O–H groups in total. The molecule has 0 saturated heterocycles. The number of anilines is 1. The number of nitrogens with zero attached hydrogens (tertiary/aromatic N) is 4. The van der Waals surface area contributed by atoms with Gasteiger partial charge < -0.3 is 9.88 Å². The summed E-state index contributed by atoms with van der Waals surface area (Å²) in [6, 6.07) is 15.1. The summed E-state index contributed by atoms with van der Waals surface area (Å²) in [4.78, 5) is 12.4. The zero-order chi connectivity index (χ0) is 19.4. The van der Waals surface area contributed by atoms with Crippen LogP contribution in [0.15, 0.2) is 53.7 Å². The summed E-state index contributed by atoms with van der Waals surface area (Å²) < 4.78 is 15.6. The van der Waals surface area contributed by atoms with Crippen LogP contribution in [0.5, 0.6) is 0 Å². The van der Waals surface area contributed by atoms with E-state index in [0.29, 0.717) is 27.8 Å². The Morgan fingerprint density at radius 1 is 1.26 bits per heavy atom. The molecule has 0 fully saturated rings. The minimum Gasteiger partial charge on any atom is -0.325 e. The molecule has 6 nitrogen and oxygen atoms in total. The Labute approximate surface area is 160 Å². The highest BCUT2D eigenvalue weighted by Crippen LogP contribution is 2.27. The van der Waals surface area contributed by atoms with Gasteiger partial charge in [0.1, 0.15) is 5.82 Å². The normalized spacial score (nSPS) is 11.6. The maximum atomic E-state index is 14.0. The Hall–Kier alpha value is -3.18. The van der Waals surface area contributed by atoms with Crippen LogP contribution in [0.4, 0.5) is 10.1 Å². The van der Waals surface area contributed by atoms with E-state index in [1.165, 1.54) is 17.8 Å². The zero-order valence-electron chi connectivity index (χ0n) is 14.7. The number of nitrogens with one attached hydrogen (secondary N) is 1. The van der Waals surface area contributed by atoms with Gasteiger partial charge in [-0.3, -0.25) is 4.79 Å². The third kappa shape index (κ3) is 4.15. The van der Waals surface area contributed by atoms with E-state index < -0.39 is 5.25 Å². The van der Waals surface area contributed by atoms with E-state index in [4.69, 9.17) is 5.26 Å². The summed E-state index contributed by atoms with van der Waals surface area (Å²) in [6.45, 7) is 1.74. The summed E-state index contributed by atoms with van der Waals surface area (Å²) >= 11 is 1.22. The fourth-order valence-corrected chi connectivity index (χ4v) is 3.23. The first-order chi connectivity index (χ1) is 13.0. The van der Waals surface area contributed by atoms with Crippen molar-refractivity contribution in [2.75, 3.05) is 5.32 Å². The maximum Gasteiger partial charge on any atom is 0.237 e. The van der Waals surface area contributed by atoms with Gasteiger partial charge in [-0.05, 0) is 37.3 Å². The van der Waals surface area contributed by atoms with E-state index in [1.807, 2.05) is 6.07 Å². The lowest BCUT2D eigenvalue weighted by Crippen LogP contribution is -2.22. The van der Waals surface area contributed by atoms with Crippen molar-refractivity contribution in [3.05, 3.63) is 59.9 Å². The predicted molar refractivity (Wildman–Crippen MR) is 102 cm³/mol. The van der Waals surface area contributed by atoms with Crippen LogP contribution in [0.1, 0.15) is 12.5 Å². The lowest BCUT2D eigenvalue weighted by atomic mass is 10.2. The van der Waals surface area contributed by atoms with Crippen LogP contribution in [0.25, 0.3) is 11.4 Å². The Kier molecular flexibility index (Phi) is 5.52. The van der Waals surface area contributed by atoms with Crippen molar-refractivity contribution in [1.82, 2.24) is 14.8 Å². The molecule has 1 atom stereocenters. The quantitative estimate of drug-likeness (QED) is 0.683. The molecule has 0 bridgehead atoms. The first-order valence-corrected chi connectivity index (χ1v) is 8.99. The molecule has 1 amide bonds. The summed E-state index contributed by atoms with van der Waals surface area (Å²) in [6.07, 6.45) is 0. The first kappa shape index (κ1) is 18.6. The summed E-state index contributed by atoms with van der Waals surface area (Å²) in [5.74, 6) is -0.219. The lowest BCUT2D eigenvalue weighted by molar-refractivity contribution is -0.115. The van der Waals surface area contributed by atoms with E-state index in [2.05, 4.69) is 15.5 Å². The van der Waals surface area contributed by atoms with Gasteiger partial charge in [0.2, 0.25) is 5.91 Å². The van der Waals surface area contributed by atoms with Crippen LogP contribution in [0.2, 0.25) is 0 Å². The SMILES string of the molecule is C[C@@H](Sc1nnc(-c2ccccc2F)n1C)C(=O)Nc1cccc(C#N)c1. The number of hydrogen-bond donors (Lipinski definition) is 1. The van der Waals surface area contributed by atoms with Gasteiger partial charge in [-0.2, -0.15) is 5.26 Å². The van der Waals surface area contributed by atoms with Gasteiger partial charge in [0.25, 0.3) is 0 Å². The monoisotopic (exact) mass is 381 g/mol. The molecule has 3 aromatic rings. The minimum absolute atomic E-state index is 0.231. The smallest absolute Gasteiger partial charge is 0.237 e. The largest absolute Gasteiger partial charge is 0.325 e. The Morgan fingerprint density at radius 3 is 2.78 bits per heavy atom. The number of hydrogen-bond acceptors (Lipinski definition) is 5. The van der Waals surface area contributed by atoms with E-state index in [0.717, 1.165) is 0 Å². The van der Waals surface area contributed by atoms with Crippen LogP contribution >= 0.6 is 11.8 Å². The van der Waals surface area contributed by atoms with Crippen molar-refractivity contribution < 1.29 is 9.18 Å².